The number of aryl methyl sites for hydroxylation is 2. The molecule has 1 aromatic rings. The second kappa shape index (κ2) is 13.4. The third-order valence-electron chi connectivity index (χ3n) is 5.59. The predicted octanol–water partition coefficient (Wildman–Crippen LogP) is 9.07. The molecular formula is C28H42. The average Bonchev–Trinajstić information content (AvgIpc) is 2.68. The van der Waals surface area contributed by atoms with E-state index in [4.69, 9.17) is 0 Å². The van der Waals surface area contributed by atoms with Gasteiger partial charge in [-0.15, -0.1) is 0 Å². The van der Waals surface area contributed by atoms with E-state index in [1.807, 2.05) is 0 Å². The van der Waals surface area contributed by atoms with Crippen LogP contribution in [0.2, 0.25) is 0 Å². The van der Waals surface area contributed by atoms with Crippen molar-refractivity contribution in [2.75, 3.05) is 0 Å². The van der Waals surface area contributed by atoms with Gasteiger partial charge in [-0.1, -0.05) is 110 Å². The summed E-state index contributed by atoms with van der Waals surface area (Å²) in [6, 6.07) is 8.48. The molecule has 1 aliphatic rings. The van der Waals surface area contributed by atoms with Crippen LogP contribution in [0.4, 0.5) is 0 Å². The molecule has 0 aromatic heterocycles. The molecule has 0 heterocycles. The molecule has 0 aliphatic heterocycles. The molecule has 0 radical (unpaired) electrons. The molecule has 0 nitrogen and oxygen atoms in total. The number of hydrogen-bond donors (Lipinski definition) is 0. The quantitative estimate of drug-likeness (QED) is 0.312. The average molecular weight is 379 g/mol. The Morgan fingerprint density at radius 3 is 2.04 bits per heavy atom. The summed E-state index contributed by atoms with van der Waals surface area (Å²) in [7, 11) is 0. The molecule has 1 unspecified atom stereocenters. The second-order valence-electron chi connectivity index (χ2n) is 8.47. The summed E-state index contributed by atoms with van der Waals surface area (Å²) >= 11 is 0. The van der Waals surface area contributed by atoms with Crippen molar-refractivity contribution in [2.24, 2.45) is 5.92 Å². The molecule has 2 rings (SSSR count). The summed E-state index contributed by atoms with van der Waals surface area (Å²) in [5, 5.41) is 0. The lowest BCUT2D eigenvalue weighted by molar-refractivity contribution is 0.652. The van der Waals surface area contributed by atoms with Crippen molar-refractivity contribution in [3.63, 3.8) is 0 Å². The van der Waals surface area contributed by atoms with Gasteiger partial charge >= 0.3 is 0 Å². The van der Waals surface area contributed by atoms with Crippen molar-refractivity contribution in [1.82, 2.24) is 0 Å². The van der Waals surface area contributed by atoms with E-state index in [9.17, 15) is 0 Å². The minimum Gasteiger partial charge on any atom is -0.0996 e. The molecular weight excluding hydrogens is 336 g/mol. The van der Waals surface area contributed by atoms with E-state index < -0.39 is 0 Å². The van der Waals surface area contributed by atoms with Crippen molar-refractivity contribution in [3.8, 4) is 0 Å². The van der Waals surface area contributed by atoms with Gasteiger partial charge in [0, 0.05) is 0 Å². The van der Waals surface area contributed by atoms with E-state index in [0.29, 0.717) is 5.92 Å². The minimum atomic E-state index is 0.482. The largest absolute Gasteiger partial charge is 0.0996 e. The summed E-state index contributed by atoms with van der Waals surface area (Å²) in [6.07, 6.45) is 16.3. The van der Waals surface area contributed by atoms with Crippen molar-refractivity contribution in [1.29, 1.82) is 0 Å². The first-order chi connectivity index (χ1) is 13.3. The van der Waals surface area contributed by atoms with Gasteiger partial charge in [-0.3, -0.25) is 0 Å². The highest BCUT2D eigenvalue weighted by Gasteiger charge is 2.09. The van der Waals surface area contributed by atoms with Gasteiger partial charge in [0.05, 0.1) is 0 Å². The van der Waals surface area contributed by atoms with Gasteiger partial charge in [0.1, 0.15) is 0 Å². The van der Waals surface area contributed by atoms with Gasteiger partial charge in [-0.2, -0.15) is 0 Å². The number of rotatable bonds is 8. The molecule has 1 aromatic carbocycles. The van der Waals surface area contributed by atoms with E-state index >= 15 is 0 Å². The lowest BCUT2D eigenvalue weighted by Gasteiger charge is -2.17. The molecule has 0 fully saturated rings. The molecule has 0 saturated heterocycles. The lowest BCUT2D eigenvalue weighted by Crippen LogP contribution is -1.98. The normalized spacial score (nSPS) is 15.1. The Labute approximate surface area is 175 Å². The third-order valence-corrected chi connectivity index (χ3v) is 5.59. The Bertz CT molecular complexity index is 658. The third kappa shape index (κ3) is 9.93. The van der Waals surface area contributed by atoms with Gasteiger partial charge in [-0.25, -0.2) is 0 Å². The summed E-state index contributed by atoms with van der Waals surface area (Å²) in [6.45, 7) is 17.1. The van der Waals surface area contributed by atoms with E-state index in [1.165, 1.54) is 72.8 Å². The van der Waals surface area contributed by atoms with Gasteiger partial charge in [0.15, 0.2) is 0 Å². The SMILES string of the molecule is C=C(C)C(C)/C=C(\C)C1=CC=C(CCCCCC)CC1.Cc1ccc(C)cc1. The molecule has 28 heavy (non-hydrogen) atoms. The second-order valence-corrected chi connectivity index (χ2v) is 8.47. The number of allylic oxidation sites excluding steroid dienone is 7. The van der Waals surface area contributed by atoms with E-state index in [2.05, 4.69) is 90.6 Å². The first kappa shape index (κ1) is 24.2. The summed E-state index contributed by atoms with van der Waals surface area (Å²) in [5.41, 5.74) is 8.49. The summed E-state index contributed by atoms with van der Waals surface area (Å²) in [4.78, 5) is 0. The highest BCUT2D eigenvalue weighted by molar-refractivity contribution is 5.37. The van der Waals surface area contributed by atoms with Crippen LogP contribution >= 0.6 is 0 Å². The van der Waals surface area contributed by atoms with Gasteiger partial charge < -0.3 is 0 Å². The van der Waals surface area contributed by atoms with Gasteiger partial charge in [0.25, 0.3) is 0 Å². The topological polar surface area (TPSA) is 0 Å². The fourth-order valence-electron chi connectivity index (χ4n) is 3.26. The maximum absolute atomic E-state index is 4.04. The highest BCUT2D eigenvalue weighted by atomic mass is 14.1. The summed E-state index contributed by atoms with van der Waals surface area (Å²) < 4.78 is 0. The predicted molar refractivity (Wildman–Crippen MR) is 128 cm³/mol. The van der Waals surface area contributed by atoms with Gasteiger partial charge in [0.2, 0.25) is 0 Å². The van der Waals surface area contributed by atoms with Crippen molar-refractivity contribution in [3.05, 3.63) is 82.5 Å². The van der Waals surface area contributed by atoms with Crippen LogP contribution in [0.1, 0.15) is 83.8 Å². The fourth-order valence-corrected chi connectivity index (χ4v) is 3.26. The van der Waals surface area contributed by atoms with E-state index in [1.54, 1.807) is 5.57 Å². The summed E-state index contributed by atoms with van der Waals surface area (Å²) in [5.74, 6) is 0.482. The molecule has 154 valence electrons. The van der Waals surface area contributed by atoms with Gasteiger partial charge in [-0.05, 0) is 64.9 Å². The molecule has 1 atom stereocenters. The standard InChI is InChI=1S/C20H32.C8H10/c1-6-7-8-9-10-19-11-13-20(14-12-19)18(5)15-17(4)16(2)3;1-7-3-5-8(2)6-4-7/h11,13,15,17H,2,6-10,12,14H2,1,3-5H3;3-6H,1-2H3/b18-15+;. The zero-order valence-corrected chi connectivity index (χ0v) is 19.3. The van der Waals surface area contributed by atoms with E-state index in [-0.39, 0.29) is 0 Å². The van der Waals surface area contributed by atoms with Crippen molar-refractivity contribution >= 4 is 0 Å². The van der Waals surface area contributed by atoms with Crippen LogP contribution in [0.15, 0.2) is 71.4 Å². The van der Waals surface area contributed by atoms with Crippen LogP contribution in [-0.2, 0) is 0 Å². The minimum absolute atomic E-state index is 0.482. The molecule has 0 spiro atoms. The Balaban J connectivity index is 0.000000406. The molecule has 0 heteroatoms. The van der Waals surface area contributed by atoms with Crippen LogP contribution in [-0.4, -0.2) is 0 Å². The first-order valence-electron chi connectivity index (χ1n) is 11.1. The Morgan fingerprint density at radius 2 is 1.57 bits per heavy atom. The molecule has 0 N–H and O–H groups in total. The number of unbranched alkanes of at least 4 members (excludes halogenated alkanes) is 3. The molecule has 0 amide bonds. The number of hydrogen-bond acceptors (Lipinski definition) is 0. The Morgan fingerprint density at radius 1 is 0.964 bits per heavy atom. The van der Waals surface area contributed by atoms with Crippen LogP contribution in [0.3, 0.4) is 0 Å². The van der Waals surface area contributed by atoms with Crippen LogP contribution in [0.25, 0.3) is 0 Å². The maximum Gasteiger partial charge on any atom is -0.00513 e. The Hall–Kier alpha value is -1.82. The number of benzene rings is 1. The Kier molecular flexibility index (Phi) is 11.6. The van der Waals surface area contributed by atoms with Crippen molar-refractivity contribution in [2.45, 2.75) is 86.5 Å². The van der Waals surface area contributed by atoms with Crippen LogP contribution in [0.5, 0.6) is 0 Å². The van der Waals surface area contributed by atoms with Crippen LogP contribution in [0, 0.1) is 19.8 Å². The fraction of sp³-hybridized carbons (Fsp3) is 0.500. The van der Waals surface area contributed by atoms with E-state index in [0.717, 1.165) is 0 Å². The highest BCUT2D eigenvalue weighted by Crippen LogP contribution is 2.28. The smallest absolute Gasteiger partial charge is 0.00513 e. The molecule has 0 saturated carbocycles. The zero-order chi connectivity index (χ0) is 20.9. The monoisotopic (exact) mass is 378 g/mol. The molecule has 0 bridgehead atoms. The zero-order valence-electron chi connectivity index (χ0n) is 19.3. The maximum atomic E-state index is 4.04. The first-order valence-corrected chi connectivity index (χ1v) is 11.1. The van der Waals surface area contributed by atoms with Crippen molar-refractivity contribution < 1.29 is 0 Å². The van der Waals surface area contributed by atoms with Crippen LogP contribution < -0.4 is 0 Å². The molecule has 1 aliphatic carbocycles. The lowest BCUT2D eigenvalue weighted by atomic mass is 9.89.